The minimum atomic E-state index is -0.328. The second-order valence-electron chi connectivity index (χ2n) is 10.7. The fourth-order valence-corrected chi connectivity index (χ4v) is 5.70. The Balaban J connectivity index is 1.53. The summed E-state index contributed by atoms with van der Waals surface area (Å²) in [5, 5.41) is 0. The van der Waals surface area contributed by atoms with Gasteiger partial charge in [-0.05, 0) is 73.2 Å². The number of esters is 1. The molecule has 226 valence electrons. The second kappa shape index (κ2) is 17.6. The van der Waals surface area contributed by atoms with Crippen molar-refractivity contribution in [2.24, 2.45) is 0 Å². The van der Waals surface area contributed by atoms with Crippen molar-refractivity contribution < 1.29 is 28.5 Å². The van der Waals surface area contributed by atoms with Gasteiger partial charge in [0, 0.05) is 18.7 Å². The molecule has 0 radical (unpaired) electrons. The van der Waals surface area contributed by atoms with Crippen LogP contribution < -0.4 is 18.9 Å². The maximum Gasteiger partial charge on any atom is 0.330 e. The highest BCUT2D eigenvalue weighted by Gasteiger charge is 2.29. The summed E-state index contributed by atoms with van der Waals surface area (Å²) in [5.74, 6) is 2.75. The van der Waals surface area contributed by atoms with E-state index in [1.165, 1.54) is 67.7 Å². The van der Waals surface area contributed by atoms with Gasteiger partial charge in [-0.15, -0.1) is 0 Å². The first-order valence-electron chi connectivity index (χ1n) is 15.0. The number of nitrogens with zero attached hydrogens (tertiary/aromatic N) is 1. The highest BCUT2D eigenvalue weighted by molar-refractivity contribution is 5.81. The molecule has 1 aliphatic rings. The van der Waals surface area contributed by atoms with Crippen LogP contribution in [0.4, 0.5) is 0 Å². The summed E-state index contributed by atoms with van der Waals surface area (Å²) in [6.45, 7) is 6.02. The van der Waals surface area contributed by atoms with E-state index in [-0.39, 0.29) is 12.0 Å². The lowest BCUT2D eigenvalue weighted by atomic mass is 9.87. The van der Waals surface area contributed by atoms with Crippen molar-refractivity contribution in [2.75, 3.05) is 48.1 Å². The highest BCUT2D eigenvalue weighted by atomic mass is 16.5. The number of carbonyl (C=O) groups excluding carboxylic acids is 1. The summed E-state index contributed by atoms with van der Waals surface area (Å²) < 4.78 is 27.4. The molecule has 0 spiro atoms. The molecule has 0 amide bonds. The van der Waals surface area contributed by atoms with Crippen LogP contribution >= 0.6 is 0 Å². The van der Waals surface area contributed by atoms with Gasteiger partial charge < -0.3 is 23.7 Å². The summed E-state index contributed by atoms with van der Waals surface area (Å²) >= 11 is 0. The van der Waals surface area contributed by atoms with Gasteiger partial charge in [-0.2, -0.15) is 0 Å². The molecule has 0 bridgehead atoms. The number of benzene rings is 2. The second-order valence-corrected chi connectivity index (χ2v) is 10.7. The van der Waals surface area contributed by atoms with Crippen molar-refractivity contribution in [3.05, 3.63) is 59.7 Å². The molecule has 2 aromatic rings. The SMILES string of the molecule is C=CC(=O)OCCCCCCCCCCCN1CCc2cc(OC)c(OC)cc2C1Cc1ccc(OC)c(OC)c1. The lowest BCUT2D eigenvalue weighted by molar-refractivity contribution is -0.137. The maximum atomic E-state index is 11.1. The van der Waals surface area contributed by atoms with E-state index in [4.69, 9.17) is 23.7 Å². The average molecular weight is 568 g/mol. The van der Waals surface area contributed by atoms with Crippen LogP contribution in [0, 0.1) is 0 Å². The molecule has 7 nitrogen and oxygen atoms in total. The standard InChI is InChI=1S/C34H49NO6/c1-6-34(36)41-21-15-13-11-9-7-8-10-12-14-19-35-20-18-27-24-32(39-4)33(40-5)25-28(27)29(35)22-26-16-17-30(37-2)31(23-26)38-3/h6,16-17,23-25,29H,1,7-15,18-22H2,2-5H3. The first-order valence-corrected chi connectivity index (χ1v) is 15.0. The van der Waals surface area contributed by atoms with E-state index in [0.717, 1.165) is 61.8 Å². The van der Waals surface area contributed by atoms with Crippen LogP contribution in [0.3, 0.4) is 0 Å². The lowest BCUT2D eigenvalue weighted by Crippen LogP contribution is -2.37. The molecule has 1 atom stereocenters. The van der Waals surface area contributed by atoms with Crippen LogP contribution in [0.15, 0.2) is 43.0 Å². The van der Waals surface area contributed by atoms with Crippen LogP contribution in [0.2, 0.25) is 0 Å². The van der Waals surface area contributed by atoms with Crippen molar-refractivity contribution in [3.63, 3.8) is 0 Å². The zero-order valence-corrected chi connectivity index (χ0v) is 25.5. The van der Waals surface area contributed by atoms with E-state index in [2.05, 4.69) is 35.7 Å². The first-order chi connectivity index (χ1) is 20.0. The van der Waals surface area contributed by atoms with E-state index in [0.29, 0.717) is 6.61 Å². The molecule has 1 aliphatic heterocycles. The molecule has 0 saturated heterocycles. The Hall–Kier alpha value is -3.19. The van der Waals surface area contributed by atoms with Gasteiger partial charge in [-0.25, -0.2) is 4.79 Å². The van der Waals surface area contributed by atoms with Gasteiger partial charge in [0.1, 0.15) is 0 Å². The molecule has 1 unspecified atom stereocenters. The highest BCUT2D eigenvalue weighted by Crippen LogP contribution is 2.40. The van der Waals surface area contributed by atoms with Gasteiger partial charge in [0.15, 0.2) is 23.0 Å². The predicted molar refractivity (Wildman–Crippen MR) is 164 cm³/mol. The Labute approximate surface area is 246 Å². The molecule has 3 rings (SSSR count). The summed E-state index contributed by atoms with van der Waals surface area (Å²) in [5.41, 5.74) is 3.88. The summed E-state index contributed by atoms with van der Waals surface area (Å²) in [4.78, 5) is 13.7. The van der Waals surface area contributed by atoms with E-state index in [1.54, 1.807) is 28.4 Å². The Kier molecular flexibility index (Phi) is 13.9. The lowest BCUT2D eigenvalue weighted by Gasteiger charge is -2.38. The molecule has 41 heavy (non-hydrogen) atoms. The topological polar surface area (TPSA) is 66.5 Å². The summed E-state index contributed by atoms with van der Waals surface area (Å²) in [7, 11) is 6.76. The van der Waals surface area contributed by atoms with Crippen molar-refractivity contribution >= 4 is 5.97 Å². The molecule has 0 fully saturated rings. The van der Waals surface area contributed by atoms with Gasteiger partial charge in [0.25, 0.3) is 0 Å². The van der Waals surface area contributed by atoms with Crippen LogP contribution in [0.25, 0.3) is 0 Å². The molecule has 1 heterocycles. The van der Waals surface area contributed by atoms with Crippen LogP contribution in [0.1, 0.15) is 80.5 Å². The molecular weight excluding hydrogens is 518 g/mol. The van der Waals surface area contributed by atoms with E-state index >= 15 is 0 Å². The molecule has 0 aromatic heterocycles. The number of ether oxygens (including phenoxy) is 5. The van der Waals surface area contributed by atoms with Crippen molar-refractivity contribution in [3.8, 4) is 23.0 Å². The number of carbonyl (C=O) groups is 1. The smallest absolute Gasteiger partial charge is 0.330 e. The fourth-order valence-electron chi connectivity index (χ4n) is 5.70. The van der Waals surface area contributed by atoms with Crippen LogP contribution in [0.5, 0.6) is 23.0 Å². The Morgan fingerprint density at radius 2 is 1.39 bits per heavy atom. The summed E-state index contributed by atoms with van der Waals surface area (Å²) in [6.07, 6.45) is 13.9. The number of methoxy groups -OCH3 is 4. The fraction of sp³-hybridized carbons (Fsp3) is 0.559. The van der Waals surface area contributed by atoms with E-state index < -0.39 is 0 Å². The van der Waals surface area contributed by atoms with Crippen LogP contribution in [-0.4, -0.2) is 59.0 Å². The molecule has 7 heteroatoms. The average Bonchev–Trinajstić information content (AvgIpc) is 3.01. The maximum absolute atomic E-state index is 11.1. The van der Waals surface area contributed by atoms with Gasteiger partial charge in [0.05, 0.1) is 35.0 Å². The summed E-state index contributed by atoms with van der Waals surface area (Å²) in [6, 6.07) is 10.8. The third-order valence-corrected chi connectivity index (χ3v) is 7.99. The number of hydrogen-bond donors (Lipinski definition) is 0. The molecule has 0 aliphatic carbocycles. The minimum Gasteiger partial charge on any atom is -0.493 e. The van der Waals surface area contributed by atoms with Gasteiger partial charge >= 0.3 is 5.97 Å². The molecule has 0 saturated carbocycles. The number of hydrogen-bond acceptors (Lipinski definition) is 7. The van der Waals surface area contributed by atoms with E-state index in [1.807, 2.05) is 6.07 Å². The van der Waals surface area contributed by atoms with Gasteiger partial charge in [-0.3, -0.25) is 4.90 Å². The largest absolute Gasteiger partial charge is 0.493 e. The minimum absolute atomic E-state index is 0.252. The van der Waals surface area contributed by atoms with Crippen molar-refractivity contribution in [2.45, 2.75) is 76.7 Å². The van der Waals surface area contributed by atoms with Crippen molar-refractivity contribution in [1.29, 1.82) is 0 Å². The Morgan fingerprint density at radius 3 is 2.02 bits per heavy atom. The number of unbranched alkanes of at least 4 members (excludes halogenated alkanes) is 8. The number of rotatable bonds is 19. The van der Waals surface area contributed by atoms with Crippen LogP contribution in [-0.2, 0) is 22.4 Å². The first kappa shape index (κ1) is 32.3. The van der Waals surface area contributed by atoms with Gasteiger partial charge in [0.2, 0.25) is 0 Å². The molecular formula is C34H49NO6. The molecule has 0 N–H and O–H groups in total. The predicted octanol–water partition coefficient (Wildman–Crippen LogP) is 7.10. The van der Waals surface area contributed by atoms with Crippen molar-refractivity contribution in [1.82, 2.24) is 4.90 Å². The van der Waals surface area contributed by atoms with Gasteiger partial charge in [-0.1, -0.05) is 57.6 Å². The zero-order chi connectivity index (χ0) is 29.5. The number of fused-ring (bicyclic) bond motifs is 1. The zero-order valence-electron chi connectivity index (χ0n) is 25.5. The monoisotopic (exact) mass is 567 g/mol. The third-order valence-electron chi connectivity index (χ3n) is 7.99. The quantitative estimate of drug-likeness (QED) is 0.102. The Morgan fingerprint density at radius 1 is 0.805 bits per heavy atom. The Bertz CT molecular complexity index is 1100. The normalized spacial score (nSPS) is 14.7. The third kappa shape index (κ3) is 9.70. The molecule has 2 aromatic carbocycles. The van der Waals surface area contributed by atoms with E-state index in [9.17, 15) is 4.79 Å².